The van der Waals surface area contributed by atoms with Crippen LogP contribution in [0.25, 0.3) is 10.1 Å². The summed E-state index contributed by atoms with van der Waals surface area (Å²) in [6.45, 7) is 0. The van der Waals surface area contributed by atoms with Crippen molar-refractivity contribution in [1.82, 2.24) is 0 Å². The van der Waals surface area contributed by atoms with E-state index in [4.69, 9.17) is 4.74 Å². The van der Waals surface area contributed by atoms with Crippen molar-refractivity contribution in [2.75, 3.05) is 7.11 Å². The van der Waals surface area contributed by atoms with E-state index >= 15 is 0 Å². The van der Waals surface area contributed by atoms with E-state index < -0.39 is 0 Å². The van der Waals surface area contributed by atoms with Gasteiger partial charge in [0.2, 0.25) is 6.08 Å². The van der Waals surface area contributed by atoms with Gasteiger partial charge >= 0.3 is 0 Å². The molecule has 0 amide bonds. The van der Waals surface area contributed by atoms with Gasteiger partial charge < -0.3 is 4.74 Å². The van der Waals surface area contributed by atoms with Crippen LogP contribution in [0.15, 0.2) is 28.6 Å². The fourth-order valence-electron chi connectivity index (χ4n) is 2.25. The SMILES string of the molecule is COc1c(C2(N=C=O)CC2)ccc2sccc12. The molecule has 17 heavy (non-hydrogen) atoms. The predicted octanol–water partition coefficient (Wildman–Crippen LogP) is 3.23. The lowest BCUT2D eigenvalue weighted by Gasteiger charge is -2.14. The molecule has 0 radical (unpaired) electrons. The molecule has 1 fully saturated rings. The van der Waals surface area contributed by atoms with Gasteiger partial charge in [-0.05, 0) is 30.4 Å². The third kappa shape index (κ3) is 1.49. The summed E-state index contributed by atoms with van der Waals surface area (Å²) < 4.78 is 6.70. The van der Waals surface area contributed by atoms with Gasteiger partial charge in [-0.3, -0.25) is 0 Å². The minimum atomic E-state index is -0.372. The molecule has 1 aliphatic carbocycles. The molecule has 0 bridgehead atoms. The van der Waals surface area contributed by atoms with Crippen molar-refractivity contribution in [1.29, 1.82) is 0 Å². The average Bonchev–Trinajstić information content (AvgIpc) is 2.96. The highest BCUT2D eigenvalue weighted by atomic mass is 32.1. The second kappa shape index (κ2) is 3.69. The minimum Gasteiger partial charge on any atom is -0.496 e. The predicted molar refractivity (Wildman–Crippen MR) is 67.4 cm³/mol. The molecule has 1 heterocycles. The van der Waals surface area contributed by atoms with Crippen LogP contribution >= 0.6 is 11.3 Å². The topological polar surface area (TPSA) is 38.7 Å². The Balaban J connectivity index is 2.26. The highest BCUT2D eigenvalue weighted by Gasteiger charge is 2.47. The largest absolute Gasteiger partial charge is 0.496 e. The van der Waals surface area contributed by atoms with E-state index in [1.807, 2.05) is 17.5 Å². The number of isocyanates is 1. The normalized spacial score (nSPS) is 16.5. The summed E-state index contributed by atoms with van der Waals surface area (Å²) in [7, 11) is 1.66. The number of rotatable bonds is 3. The molecule has 0 N–H and O–H groups in total. The summed E-state index contributed by atoms with van der Waals surface area (Å²) >= 11 is 1.68. The summed E-state index contributed by atoms with van der Waals surface area (Å²) in [5.74, 6) is 0.847. The van der Waals surface area contributed by atoms with Crippen LogP contribution in [-0.2, 0) is 10.3 Å². The molecule has 0 saturated heterocycles. The van der Waals surface area contributed by atoms with Gasteiger partial charge in [0.1, 0.15) is 11.3 Å². The third-order valence-corrected chi connectivity index (χ3v) is 4.16. The lowest BCUT2D eigenvalue weighted by atomic mass is 10.0. The number of carbonyl (C=O) groups excluding carboxylic acids is 1. The van der Waals surface area contributed by atoms with Crippen molar-refractivity contribution in [3.63, 3.8) is 0 Å². The van der Waals surface area contributed by atoms with Crippen LogP contribution in [-0.4, -0.2) is 13.2 Å². The van der Waals surface area contributed by atoms with Gasteiger partial charge in [0.25, 0.3) is 0 Å². The molecule has 1 aromatic heterocycles. The number of methoxy groups -OCH3 is 1. The number of hydrogen-bond donors (Lipinski definition) is 0. The van der Waals surface area contributed by atoms with Crippen LogP contribution < -0.4 is 4.74 Å². The number of hydrogen-bond acceptors (Lipinski definition) is 4. The van der Waals surface area contributed by atoms with Crippen molar-refractivity contribution in [2.24, 2.45) is 4.99 Å². The van der Waals surface area contributed by atoms with E-state index in [-0.39, 0.29) is 5.54 Å². The highest BCUT2D eigenvalue weighted by molar-refractivity contribution is 7.17. The van der Waals surface area contributed by atoms with Crippen molar-refractivity contribution in [2.45, 2.75) is 18.4 Å². The maximum atomic E-state index is 10.5. The van der Waals surface area contributed by atoms with Crippen LogP contribution in [0, 0.1) is 0 Å². The fourth-order valence-corrected chi connectivity index (χ4v) is 3.04. The van der Waals surface area contributed by atoms with Crippen molar-refractivity contribution in [3.05, 3.63) is 29.1 Å². The zero-order chi connectivity index (χ0) is 11.9. The second-order valence-corrected chi connectivity index (χ2v) is 5.16. The van der Waals surface area contributed by atoms with Gasteiger partial charge in [-0.15, -0.1) is 11.3 Å². The zero-order valence-corrected chi connectivity index (χ0v) is 10.2. The van der Waals surface area contributed by atoms with E-state index in [9.17, 15) is 4.79 Å². The first-order chi connectivity index (χ1) is 8.30. The standard InChI is InChI=1S/C13H11NO2S/c1-16-12-9-4-7-17-11(9)3-2-10(12)13(5-6-13)14-8-15/h2-4,7H,5-6H2,1H3. The molecule has 1 aliphatic rings. The van der Waals surface area contributed by atoms with Gasteiger partial charge in [-0.25, -0.2) is 4.79 Å². The molecule has 0 unspecified atom stereocenters. The first-order valence-corrected chi connectivity index (χ1v) is 6.32. The van der Waals surface area contributed by atoms with E-state index in [0.29, 0.717) is 0 Å². The molecular weight excluding hydrogens is 234 g/mol. The Hall–Kier alpha value is -1.64. The number of benzene rings is 1. The van der Waals surface area contributed by atoms with Crippen LogP contribution in [0.5, 0.6) is 5.75 Å². The molecule has 0 spiro atoms. The summed E-state index contributed by atoms with van der Waals surface area (Å²) in [6.07, 6.45) is 3.48. The van der Waals surface area contributed by atoms with Gasteiger partial charge in [0.15, 0.2) is 0 Å². The minimum absolute atomic E-state index is 0.372. The van der Waals surface area contributed by atoms with Crippen molar-refractivity contribution < 1.29 is 9.53 Å². The number of nitrogens with zero attached hydrogens (tertiary/aromatic N) is 1. The van der Waals surface area contributed by atoms with Crippen molar-refractivity contribution >= 4 is 27.5 Å². The monoisotopic (exact) mass is 245 g/mol. The number of thiophene rings is 1. The fraction of sp³-hybridized carbons (Fsp3) is 0.308. The number of ether oxygens (including phenoxy) is 1. The van der Waals surface area contributed by atoms with E-state index in [0.717, 1.165) is 29.5 Å². The molecule has 1 saturated carbocycles. The lowest BCUT2D eigenvalue weighted by molar-refractivity contribution is 0.409. The van der Waals surface area contributed by atoms with Gasteiger partial charge in [0, 0.05) is 15.6 Å². The Bertz CT molecular complexity index is 621. The maximum absolute atomic E-state index is 10.5. The van der Waals surface area contributed by atoms with Crippen LogP contribution in [0.1, 0.15) is 18.4 Å². The van der Waals surface area contributed by atoms with Crippen LogP contribution in [0.3, 0.4) is 0 Å². The Morgan fingerprint density at radius 2 is 2.24 bits per heavy atom. The molecule has 0 aliphatic heterocycles. The first-order valence-electron chi connectivity index (χ1n) is 5.44. The van der Waals surface area contributed by atoms with Gasteiger partial charge in [-0.1, -0.05) is 6.07 Å². The molecule has 0 atom stereocenters. The Labute approximate surface area is 103 Å². The maximum Gasteiger partial charge on any atom is 0.235 e. The summed E-state index contributed by atoms with van der Waals surface area (Å²) in [5.41, 5.74) is 0.637. The molecule has 3 nitrogen and oxygen atoms in total. The third-order valence-electron chi connectivity index (χ3n) is 3.27. The summed E-state index contributed by atoms with van der Waals surface area (Å²) in [6, 6.07) is 6.13. The molecular formula is C13H11NO2S. The van der Waals surface area contributed by atoms with E-state index in [2.05, 4.69) is 11.1 Å². The summed E-state index contributed by atoms with van der Waals surface area (Å²) in [5, 5.41) is 3.14. The van der Waals surface area contributed by atoms with Gasteiger partial charge in [0.05, 0.1) is 7.11 Å². The average molecular weight is 245 g/mol. The van der Waals surface area contributed by atoms with Crippen LogP contribution in [0.4, 0.5) is 0 Å². The van der Waals surface area contributed by atoms with E-state index in [1.54, 1.807) is 24.5 Å². The lowest BCUT2D eigenvalue weighted by Crippen LogP contribution is -2.05. The smallest absolute Gasteiger partial charge is 0.235 e. The Morgan fingerprint density at radius 3 is 2.88 bits per heavy atom. The quantitative estimate of drug-likeness (QED) is 0.615. The zero-order valence-electron chi connectivity index (χ0n) is 9.40. The molecule has 1 aromatic carbocycles. The van der Waals surface area contributed by atoms with Gasteiger partial charge in [-0.2, -0.15) is 4.99 Å². The molecule has 2 aromatic rings. The summed E-state index contributed by atoms with van der Waals surface area (Å²) in [4.78, 5) is 14.5. The Kier molecular flexibility index (Phi) is 2.28. The molecule has 3 rings (SSSR count). The number of aliphatic imine (C=N–C) groups is 1. The first kappa shape index (κ1) is 10.5. The Morgan fingerprint density at radius 1 is 1.41 bits per heavy atom. The van der Waals surface area contributed by atoms with Crippen LogP contribution in [0.2, 0.25) is 0 Å². The second-order valence-electron chi connectivity index (χ2n) is 4.21. The van der Waals surface area contributed by atoms with E-state index in [1.165, 1.54) is 4.70 Å². The molecule has 4 heteroatoms. The van der Waals surface area contributed by atoms with Crippen molar-refractivity contribution in [3.8, 4) is 5.75 Å². The number of fused-ring (bicyclic) bond motifs is 1. The molecule has 86 valence electrons. The highest BCUT2D eigenvalue weighted by Crippen LogP contribution is 2.53.